The molecule has 1 aliphatic carbocycles. The Labute approximate surface area is 125 Å². The van der Waals surface area contributed by atoms with Crippen molar-refractivity contribution >= 4 is 19.7 Å². The fourth-order valence-corrected chi connectivity index (χ4v) is 3.96. The molecule has 1 heterocycles. The Balaban J connectivity index is 2.25. The summed E-state index contributed by atoms with van der Waals surface area (Å²) in [5.74, 6) is 1.32. The minimum atomic E-state index is -3.84. The van der Waals surface area contributed by atoms with Crippen molar-refractivity contribution < 1.29 is 8.42 Å². The van der Waals surface area contributed by atoms with Gasteiger partial charge in [0, 0.05) is 23.1 Å². The number of aromatic nitrogens is 3. The molecule has 0 atom stereocenters. The molecular weight excluding hydrogens is 298 g/mol. The van der Waals surface area contributed by atoms with Gasteiger partial charge < -0.3 is 0 Å². The zero-order chi connectivity index (χ0) is 14.8. The van der Waals surface area contributed by atoms with Crippen LogP contribution >= 0.6 is 10.7 Å². The van der Waals surface area contributed by atoms with Crippen LogP contribution in [0.3, 0.4) is 0 Å². The van der Waals surface area contributed by atoms with Crippen molar-refractivity contribution in [2.24, 2.45) is 5.92 Å². The Morgan fingerprint density at radius 3 is 2.30 bits per heavy atom. The van der Waals surface area contributed by atoms with Crippen LogP contribution in [0, 0.1) is 5.92 Å². The van der Waals surface area contributed by atoms with Crippen LogP contribution in [-0.4, -0.2) is 23.2 Å². The van der Waals surface area contributed by atoms with Crippen molar-refractivity contribution in [2.75, 3.05) is 0 Å². The van der Waals surface area contributed by atoms with Crippen LogP contribution in [0.1, 0.15) is 64.2 Å². The third-order valence-corrected chi connectivity index (χ3v) is 5.04. The lowest BCUT2D eigenvalue weighted by Crippen LogP contribution is -2.15. The molecular formula is C13H22ClN3O2S. The predicted molar refractivity (Wildman–Crippen MR) is 78.3 cm³/mol. The first-order chi connectivity index (χ1) is 9.39. The van der Waals surface area contributed by atoms with E-state index < -0.39 is 9.05 Å². The molecule has 1 aromatic rings. The van der Waals surface area contributed by atoms with Crippen molar-refractivity contribution in [3.8, 4) is 0 Å². The first-order valence-electron chi connectivity index (χ1n) is 7.28. The first-order valence-corrected chi connectivity index (χ1v) is 9.59. The van der Waals surface area contributed by atoms with E-state index in [2.05, 4.69) is 10.2 Å². The van der Waals surface area contributed by atoms with Gasteiger partial charge in [0.25, 0.3) is 14.2 Å². The Morgan fingerprint density at radius 2 is 1.80 bits per heavy atom. The fourth-order valence-electron chi connectivity index (χ4n) is 2.96. The highest BCUT2D eigenvalue weighted by atomic mass is 35.7. The average Bonchev–Trinajstić information content (AvgIpc) is 2.60. The van der Waals surface area contributed by atoms with Gasteiger partial charge in [0.05, 0.1) is 0 Å². The van der Waals surface area contributed by atoms with Crippen molar-refractivity contribution in [3.63, 3.8) is 0 Å². The van der Waals surface area contributed by atoms with Crippen LogP contribution in [0.4, 0.5) is 0 Å². The van der Waals surface area contributed by atoms with Gasteiger partial charge in [-0.25, -0.2) is 8.42 Å². The van der Waals surface area contributed by atoms with Crippen molar-refractivity contribution in [1.29, 1.82) is 0 Å². The summed E-state index contributed by atoms with van der Waals surface area (Å²) in [5, 5.41) is 7.74. The van der Waals surface area contributed by atoms with Crippen molar-refractivity contribution in [3.05, 3.63) is 5.82 Å². The largest absolute Gasteiger partial charge is 0.298 e. The van der Waals surface area contributed by atoms with E-state index in [0.717, 1.165) is 12.2 Å². The van der Waals surface area contributed by atoms with E-state index in [4.69, 9.17) is 10.7 Å². The van der Waals surface area contributed by atoms with E-state index in [1.165, 1.54) is 38.5 Å². The standard InChI is InChI=1S/C13H22ClN3O2S/c1-10(2)17-12(15-16-13(17)20(14,18)19)9-11-7-5-3-4-6-8-11/h10-11H,3-9H2,1-2H3. The summed E-state index contributed by atoms with van der Waals surface area (Å²) in [5.41, 5.74) is 0. The topological polar surface area (TPSA) is 64.8 Å². The van der Waals surface area contributed by atoms with Crippen LogP contribution in [0.15, 0.2) is 5.16 Å². The molecule has 5 nitrogen and oxygen atoms in total. The SMILES string of the molecule is CC(C)n1c(CC2CCCCCC2)nnc1S(=O)(=O)Cl. The van der Waals surface area contributed by atoms with Crippen LogP contribution in [0.5, 0.6) is 0 Å². The summed E-state index contributed by atoms with van der Waals surface area (Å²) in [6.45, 7) is 3.84. The zero-order valence-electron chi connectivity index (χ0n) is 12.0. The molecule has 0 aromatic carbocycles. The van der Waals surface area contributed by atoms with E-state index in [-0.39, 0.29) is 11.2 Å². The number of nitrogens with zero attached hydrogens (tertiary/aromatic N) is 3. The molecule has 1 saturated carbocycles. The Kier molecular flexibility index (Phi) is 5.07. The highest BCUT2D eigenvalue weighted by molar-refractivity contribution is 8.13. The van der Waals surface area contributed by atoms with Crippen LogP contribution in [0.25, 0.3) is 0 Å². The van der Waals surface area contributed by atoms with E-state index >= 15 is 0 Å². The lowest BCUT2D eigenvalue weighted by atomic mass is 9.96. The fraction of sp³-hybridized carbons (Fsp3) is 0.846. The molecule has 1 aromatic heterocycles. The molecule has 2 rings (SSSR count). The molecule has 0 unspecified atom stereocenters. The molecule has 1 aliphatic rings. The quantitative estimate of drug-likeness (QED) is 0.631. The molecule has 0 bridgehead atoms. The predicted octanol–water partition coefficient (Wildman–Crippen LogP) is 3.30. The Morgan fingerprint density at radius 1 is 1.20 bits per heavy atom. The van der Waals surface area contributed by atoms with Gasteiger partial charge in [-0.05, 0) is 19.8 Å². The minimum Gasteiger partial charge on any atom is -0.298 e. The second kappa shape index (κ2) is 6.43. The molecule has 0 radical (unpaired) electrons. The molecule has 0 spiro atoms. The van der Waals surface area contributed by atoms with Gasteiger partial charge in [-0.3, -0.25) is 4.57 Å². The second-order valence-corrected chi connectivity index (χ2v) is 8.32. The Hall–Kier alpha value is -0.620. The number of hydrogen-bond donors (Lipinski definition) is 0. The van der Waals surface area contributed by atoms with Gasteiger partial charge in [-0.1, -0.05) is 38.5 Å². The molecule has 0 N–H and O–H groups in total. The number of hydrogen-bond acceptors (Lipinski definition) is 4. The molecule has 0 amide bonds. The van der Waals surface area contributed by atoms with Gasteiger partial charge in [-0.2, -0.15) is 0 Å². The maximum absolute atomic E-state index is 11.6. The summed E-state index contributed by atoms with van der Waals surface area (Å²) >= 11 is 0. The van der Waals surface area contributed by atoms with Crippen molar-refractivity contribution in [1.82, 2.24) is 14.8 Å². The number of rotatable bonds is 4. The van der Waals surface area contributed by atoms with Gasteiger partial charge in [0.15, 0.2) is 0 Å². The Bertz CT molecular complexity index is 546. The van der Waals surface area contributed by atoms with E-state index in [1.807, 2.05) is 13.8 Å². The van der Waals surface area contributed by atoms with E-state index in [0.29, 0.717) is 5.92 Å². The monoisotopic (exact) mass is 319 g/mol. The summed E-state index contributed by atoms with van der Waals surface area (Å²) in [7, 11) is 1.59. The maximum Gasteiger partial charge on any atom is 0.296 e. The maximum atomic E-state index is 11.6. The van der Waals surface area contributed by atoms with Crippen LogP contribution in [-0.2, 0) is 15.5 Å². The van der Waals surface area contributed by atoms with E-state index in [9.17, 15) is 8.42 Å². The number of halogens is 1. The average molecular weight is 320 g/mol. The highest BCUT2D eigenvalue weighted by Gasteiger charge is 2.25. The molecule has 7 heteroatoms. The third kappa shape index (κ3) is 3.73. The molecule has 0 saturated heterocycles. The normalized spacial score (nSPS) is 18.4. The summed E-state index contributed by atoms with van der Waals surface area (Å²) < 4.78 is 24.8. The first kappa shape index (κ1) is 15.8. The summed E-state index contributed by atoms with van der Waals surface area (Å²) in [6.07, 6.45) is 8.27. The summed E-state index contributed by atoms with van der Waals surface area (Å²) in [6, 6.07) is -0.0192. The van der Waals surface area contributed by atoms with Gasteiger partial charge >= 0.3 is 0 Å². The molecule has 20 heavy (non-hydrogen) atoms. The lowest BCUT2D eigenvalue weighted by molar-refractivity contribution is 0.422. The second-order valence-electron chi connectivity index (χ2n) is 5.86. The molecule has 0 aliphatic heterocycles. The van der Waals surface area contributed by atoms with Gasteiger partial charge in [0.2, 0.25) is 0 Å². The molecule has 1 fully saturated rings. The smallest absolute Gasteiger partial charge is 0.296 e. The summed E-state index contributed by atoms with van der Waals surface area (Å²) in [4.78, 5) is 0. The van der Waals surface area contributed by atoms with Crippen LogP contribution < -0.4 is 0 Å². The third-order valence-electron chi connectivity index (χ3n) is 3.92. The van der Waals surface area contributed by atoms with Crippen LogP contribution in [0.2, 0.25) is 0 Å². The zero-order valence-corrected chi connectivity index (χ0v) is 13.6. The highest BCUT2D eigenvalue weighted by Crippen LogP contribution is 2.27. The van der Waals surface area contributed by atoms with E-state index in [1.54, 1.807) is 4.57 Å². The van der Waals surface area contributed by atoms with Crippen molar-refractivity contribution in [2.45, 2.75) is 70.0 Å². The lowest BCUT2D eigenvalue weighted by Gasteiger charge is -2.17. The molecule has 114 valence electrons. The van der Waals surface area contributed by atoms with Gasteiger partial charge in [0.1, 0.15) is 5.82 Å². The minimum absolute atomic E-state index is 0.0192. The van der Waals surface area contributed by atoms with Gasteiger partial charge in [-0.15, -0.1) is 10.2 Å².